The van der Waals surface area contributed by atoms with Gasteiger partial charge in [0.15, 0.2) is 5.69 Å². The maximum atomic E-state index is 11.5. The molecule has 2 aromatic rings. The summed E-state index contributed by atoms with van der Waals surface area (Å²) in [7, 11) is 1.37. The van der Waals surface area contributed by atoms with Gasteiger partial charge < -0.3 is 10.1 Å². The predicted octanol–water partition coefficient (Wildman–Crippen LogP) is 2.37. The van der Waals surface area contributed by atoms with Gasteiger partial charge in [-0.3, -0.25) is 30.2 Å². The smallest absolute Gasteiger partial charge is 0.300 e. The molecule has 3 N–H and O–H groups in total. The van der Waals surface area contributed by atoms with Crippen LogP contribution in [0.25, 0.3) is 0 Å². The Kier molecular flexibility index (Phi) is 5.09. The highest BCUT2D eigenvalue weighted by Crippen LogP contribution is 2.39. The minimum atomic E-state index is -1.12. The van der Waals surface area contributed by atoms with Crippen molar-refractivity contribution < 1.29 is 24.6 Å². The molecule has 25 heavy (non-hydrogen) atoms. The molecule has 0 atom stereocenters. The molecule has 0 aliphatic rings. The molecule has 2 rings (SSSR count). The fourth-order valence-corrected chi connectivity index (χ4v) is 2.11. The van der Waals surface area contributed by atoms with E-state index < -0.39 is 38.4 Å². The summed E-state index contributed by atoms with van der Waals surface area (Å²) in [6, 6.07) is 7.97. The molecule has 0 saturated heterocycles. The lowest BCUT2D eigenvalue weighted by atomic mass is 10.1. The third kappa shape index (κ3) is 3.61. The molecular weight excluding hydrogens is 336 g/mol. The van der Waals surface area contributed by atoms with Crippen LogP contribution in [-0.2, 0) is 0 Å². The second-order valence-corrected chi connectivity index (χ2v) is 4.67. The van der Waals surface area contributed by atoms with Crippen LogP contribution in [-0.4, -0.2) is 28.1 Å². The van der Waals surface area contributed by atoms with Crippen molar-refractivity contribution >= 4 is 28.7 Å². The highest BCUT2D eigenvalue weighted by atomic mass is 16.6. The fraction of sp³-hybridized carbons (Fsp3) is 0.0714. The molecule has 2 aromatic carbocycles. The van der Waals surface area contributed by atoms with E-state index in [-0.39, 0.29) is 5.69 Å². The molecule has 0 radical (unpaired) electrons. The van der Waals surface area contributed by atoms with Gasteiger partial charge in [0.25, 0.3) is 5.91 Å². The second-order valence-electron chi connectivity index (χ2n) is 4.67. The van der Waals surface area contributed by atoms with Gasteiger partial charge in [0.2, 0.25) is 0 Å². The van der Waals surface area contributed by atoms with Crippen LogP contribution in [0.3, 0.4) is 0 Å². The Labute approximate surface area is 140 Å². The minimum absolute atomic E-state index is 0.260. The topological polar surface area (TPSA) is 157 Å². The lowest BCUT2D eigenvalue weighted by Crippen LogP contribution is -2.19. The van der Waals surface area contributed by atoms with Crippen molar-refractivity contribution in [2.75, 3.05) is 12.4 Å². The van der Waals surface area contributed by atoms with Crippen LogP contribution in [0.15, 0.2) is 36.4 Å². The summed E-state index contributed by atoms with van der Waals surface area (Å²) in [4.78, 5) is 32.4. The number of anilines is 2. The monoisotopic (exact) mass is 348 g/mol. The van der Waals surface area contributed by atoms with Crippen molar-refractivity contribution in [2.45, 2.75) is 0 Å². The van der Waals surface area contributed by atoms with Crippen LogP contribution >= 0.6 is 0 Å². The number of amides is 1. The predicted molar refractivity (Wildman–Crippen MR) is 85.3 cm³/mol. The number of methoxy groups -OCH3 is 1. The number of hydroxylamine groups is 1. The molecule has 0 bridgehead atoms. The van der Waals surface area contributed by atoms with Crippen LogP contribution in [0.2, 0.25) is 0 Å². The number of benzene rings is 2. The Morgan fingerprint density at radius 1 is 1.12 bits per heavy atom. The van der Waals surface area contributed by atoms with E-state index >= 15 is 0 Å². The van der Waals surface area contributed by atoms with E-state index in [0.29, 0.717) is 5.75 Å². The van der Waals surface area contributed by atoms with Crippen LogP contribution in [0.5, 0.6) is 5.75 Å². The number of carbonyl (C=O) groups is 1. The van der Waals surface area contributed by atoms with E-state index in [1.54, 1.807) is 18.2 Å². The van der Waals surface area contributed by atoms with Crippen molar-refractivity contribution in [1.29, 1.82) is 0 Å². The van der Waals surface area contributed by atoms with E-state index in [4.69, 9.17) is 9.94 Å². The summed E-state index contributed by atoms with van der Waals surface area (Å²) in [5.41, 5.74) is -0.744. The molecule has 0 aliphatic carbocycles. The molecule has 0 heterocycles. The molecule has 11 heteroatoms. The largest absolute Gasteiger partial charge is 0.495 e. The van der Waals surface area contributed by atoms with Crippen molar-refractivity contribution in [2.24, 2.45) is 0 Å². The summed E-state index contributed by atoms with van der Waals surface area (Å²) in [5, 5.41) is 33.9. The summed E-state index contributed by atoms with van der Waals surface area (Å²) < 4.78 is 5.10. The molecule has 0 unspecified atom stereocenters. The van der Waals surface area contributed by atoms with Gasteiger partial charge in [-0.05, 0) is 12.1 Å². The maximum absolute atomic E-state index is 11.5. The Morgan fingerprint density at radius 2 is 1.68 bits per heavy atom. The van der Waals surface area contributed by atoms with Crippen molar-refractivity contribution in [3.63, 3.8) is 0 Å². The number of nitrogens with zero attached hydrogens (tertiary/aromatic N) is 2. The molecule has 0 saturated carbocycles. The Balaban J connectivity index is 2.68. The normalized spacial score (nSPS) is 10.0. The van der Waals surface area contributed by atoms with Crippen LogP contribution in [0.4, 0.5) is 22.7 Å². The first-order valence-electron chi connectivity index (χ1n) is 6.70. The molecule has 11 nitrogen and oxygen atoms in total. The number of para-hydroxylation sites is 2. The lowest BCUT2D eigenvalue weighted by molar-refractivity contribution is -0.392. The molecule has 0 spiro atoms. The van der Waals surface area contributed by atoms with Gasteiger partial charge in [-0.2, -0.15) is 0 Å². The standard InChI is InChI=1S/C14H12N4O7/c1-25-12-5-3-2-4-9(12)15-13-10(17(21)22)6-8(14(19)16-20)7-11(13)18(23)24/h2-7,15,20H,1H3,(H,16,19). The molecule has 0 fully saturated rings. The maximum Gasteiger partial charge on any atom is 0.300 e. The zero-order chi connectivity index (χ0) is 18.6. The number of carbonyl (C=O) groups excluding carboxylic acids is 1. The minimum Gasteiger partial charge on any atom is -0.495 e. The number of rotatable bonds is 6. The Bertz CT molecular complexity index is 818. The van der Waals surface area contributed by atoms with Crippen LogP contribution in [0.1, 0.15) is 10.4 Å². The quantitative estimate of drug-likeness (QED) is 0.408. The van der Waals surface area contributed by atoms with Crippen molar-refractivity contribution in [3.8, 4) is 5.75 Å². The Morgan fingerprint density at radius 3 is 2.16 bits per heavy atom. The summed E-state index contributed by atoms with van der Waals surface area (Å²) in [6.45, 7) is 0. The number of ether oxygens (including phenoxy) is 1. The highest BCUT2D eigenvalue weighted by Gasteiger charge is 2.29. The third-order valence-corrected chi connectivity index (χ3v) is 3.22. The van der Waals surface area contributed by atoms with Crippen molar-refractivity contribution in [3.05, 3.63) is 62.2 Å². The zero-order valence-corrected chi connectivity index (χ0v) is 12.8. The van der Waals surface area contributed by atoms with Gasteiger partial charge in [0.05, 0.1) is 28.2 Å². The number of nitro groups is 2. The molecule has 130 valence electrons. The average Bonchev–Trinajstić information content (AvgIpc) is 2.61. The van der Waals surface area contributed by atoms with Crippen LogP contribution < -0.4 is 15.5 Å². The zero-order valence-electron chi connectivity index (χ0n) is 12.8. The van der Waals surface area contributed by atoms with Gasteiger partial charge in [-0.1, -0.05) is 12.1 Å². The van der Waals surface area contributed by atoms with Gasteiger partial charge in [0.1, 0.15) is 5.75 Å². The van der Waals surface area contributed by atoms with Gasteiger partial charge in [0, 0.05) is 12.1 Å². The third-order valence-electron chi connectivity index (χ3n) is 3.22. The first kappa shape index (κ1) is 17.6. The number of nitro benzene ring substituents is 2. The van der Waals surface area contributed by atoms with Crippen molar-refractivity contribution in [1.82, 2.24) is 5.48 Å². The van der Waals surface area contributed by atoms with E-state index in [1.807, 2.05) is 0 Å². The van der Waals surface area contributed by atoms with E-state index in [0.717, 1.165) is 12.1 Å². The van der Waals surface area contributed by atoms with E-state index in [9.17, 15) is 25.0 Å². The van der Waals surface area contributed by atoms with E-state index in [1.165, 1.54) is 18.7 Å². The number of hydrogen-bond donors (Lipinski definition) is 3. The molecule has 1 amide bonds. The highest BCUT2D eigenvalue weighted by molar-refractivity contribution is 5.97. The summed E-state index contributed by atoms with van der Waals surface area (Å²) >= 11 is 0. The molecule has 0 aromatic heterocycles. The lowest BCUT2D eigenvalue weighted by Gasteiger charge is -2.12. The second kappa shape index (κ2) is 7.23. The molecular formula is C14H12N4O7. The number of nitrogens with one attached hydrogen (secondary N) is 2. The average molecular weight is 348 g/mol. The summed E-state index contributed by atoms with van der Waals surface area (Å²) in [5.74, 6) is -0.807. The van der Waals surface area contributed by atoms with Crippen LogP contribution in [0, 0.1) is 20.2 Å². The first-order chi connectivity index (χ1) is 11.9. The van der Waals surface area contributed by atoms with Gasteiger partial charge >= 0.3 is 11.4 Å². The number of hydrogen-bond acceptors (Lipinski definition) is 8. The first-order valence-corrected chi connectivity index (χ1v) is 6.70. The Hall–Kier alpha value is -3.73. The SMILES string of the molecule is COc1ccccc1Nc1c([N+](=O)[O-])cc(C(=O)NO)cc1[N+](=O)[O-]. The molecule has 0 aliphatic heterocycles. The fourth-order valence-electron chi connectivity index (χ4n) is 2.11. The van der Waals surface area contributed by atoms with Gasteiger partial charge in [-0.15, -0.1) is 0 Å². The van der Waals surface area contributed by atoms with Gasteiger partial charge in [-0.25, -0.2) is 5.48 Å². The summed E-state index contributed by atoms with van der Waals surface area (Å²) in [6.07, 6.45) is 0. The van der Waals surface area contributed by atoms with E-state index in [2.05, 4.69) is 5.32 Å².